The molecule has 0 heterocycles. The summed E-state index contributed by atoms with van der Waals surface area (Å²) in [5.41, 5.74) is 2.32. The first-order chi connectivity index (χ1) is 6.63. The van der Waals surface area contributed by atoms with E-state index in [2.05, 4.69) is 38.2 Å². The fourth-order valence-corrected chi connectivity index (χ4v) is 1.34. The number of rotatable bonds is 4. The van der Waals surface area contributed by atoms with Gasteiger partial charge in [-0.3, -0.25) is 0 Å². The molecule has 0 bridgehead atoms. The Hall–Kier alpha value is -0.690. The average Bonchev–Trinajstić information content (AvgIpc) is 2.18. The summed E-state index contributed by atoms with van der Waals surface area (Å²) in [6.45, 7) is 6.62. The molecule has 1 atom stereocenters. The van der Waals surface area contributed by atoms with Crippen molar-refractivity contribution in [2.45, 2.75) is 32.7 Å². The van der Waals surface area contributed by atoms with Crippen molar-refractivity contribution in [2.75, 3.05) is 5.32 Å². The summed E-state index contributed by atoms with van der Waals surface area (Å²) in [5.74, 6) is 1.21. The molecular weight excluding hydrogens is 194 g/mol. The molecule has 14 heavy (non-hydrogen) atoms. The van der Waals surface area contributed by atoms with Crippen molar-refractivity contribution >= 4 is 17.3 Å². The second-order valence-electron chi connectivity index (χ2n) is 4.01. The van der Waals surface area contributed by atoms with E-state index >= 15 is 0 Å². The molecule has 2 heteroatoms. The van der Waals surface area contributed by atoms with Crippen molar-refractivity contribution in [1.82, 2.24) is 0 Å². The molecule has 0 aromatic heterocycles. The number of alkyl halides is 1. The van der Waals surface area contributed by atoms with E-state index in [0.29, 0.717) is 17.8 Å². The maximum Gasteiger partial charge on any atom is 0.0474 e. The largest absolute Gasteiger partial charge is 0.382 e. The van der Waals surface area contributed by atoms with Gasteiger partial charge in [0, 0.05) is 17.6 Å². The highest BCUT2D eigenvalue weighted by Crippen LogP contribution is 2.15. The Morgan fingerprint density at radius 2 is 2.00 bits per heavy atom. The molecule has 0 aliphatic heterocycles. The van der Waals surface area contributed by atoms with Crippen LogP contribution in [-0.2, 0) is 5.88 Å². The first-order valence-electron chi connectivity index (χ1n) is 5.05. The SMILES string of the molecule is CC(C)C(C)Nc1cccc(CCl)c1. The molecule has 1 aromatic carbocycles. The van der Waals surface area contributed by atoms with Gasteiger partial charge in [0.15, 0.2) is 0 Å². The first kappa shape index (κ1) is 11.4. The lowest BCUT2D eigenvalue weighted by Gasteiger charge is -2.19. The molecule has 0 aliphatic rings. The molecule has 1 nitrogen and oxygen atoms in total. The van der Waals surface area contributed by atoms with Crippen molar-refractivity contribution < 1.29 is 0 Å². The van der Waals surface area contributed by atoms with Crippen LogP contribution in [0.4, 0.5) is 5.69 Å². The van der Waals surface area contributed by atoms with E-state index in [1.165, 1.54) is 0 Å². The van der Waals surface area contributed by atoms with Gasteiger partial charge in [0.05, 0.1) is 0 Å². The van der Waals surface area contributed by atoms with Crippen LogP contribution in [-0.4, -0.2) is 6.04 Å². The highest BCUT2D eigenvalue weighted by Gasteiger charge is 2.06. The van der Waals surface area contributed by atoms with Crippen molar-refractivity contribution in [2.24, 2.45) is 5.92 Å². The van der Waals surface area contributed by atoms with Crippen LogP contribution in [0.2, 0.25) is 0 Å². The molecule has 78 valence electrons. The fourth-order valence-electron chi connectivity index (χ4n) is 1.17. The Kier molecular flexibility index (Phi) is 4.27. The predicted molar refractivity (Wildman–Crippen MR) is 63.9 cm³/mol. The highest BCUT2D eigenvalue weighted by molar-refractivity contribution is 6.17. The number of hydrogen-bond acceptors (Lipinski definition) is 1. The van der Waals surface area contributed by atoms with E-state index < -0.39 is 0 Å². The lowest BCUT2D eigenvalue weighted by atomic mass is 10.1. The molecule has 0 aliphatic carbocycles. The third-order valence-corrected chi connectivity index (χ3v) is 2.78. The monoisotopic (exact) mass is 211 g/mol. The zero-order valence-electron chi connectivity index (χ0n) is 9.05. The molecule has 0 radical (unpaired) electrons. The second-order valence-corrected chi connectivity index (χ2v) is 4.28. The van der Waals surface area contributed by atoms with Gasteiger partial charge in [-0.15, -0.1) is 11.6 Å². The van der Waals surface area contributed by atoms with Crippen LogP contribution in [0.3, 0.4) is 0 Å². The Morgan fingerprint density at radius 1 is 1.29 bits per heavy atom. The molecule has 0 saturated carbocycles. The average molecular weight is 212 g/mol. The zero-order chi connectivity index (χ0) is 10.6. The quantitative estimate of drug-likeness (QED) is 0.746. The Labute approximate surface area is 91.5 Å². The van der Waals surface area contributed by atoms with Gasteiger partial charge in [-0.2, -0.15) is 0 Å². The minimum absolute atomic E-state index is 0.487. The molecule has 1 N–H and O–H groups in total. The lowest BCUT2D eigenvalue weighted by molar-refractivity contribution is 0.560. The van der Waals surface area contributed by atoms with Gasteiger partial charge in [-0.05, 0) is 30.5 Å². The highest BCUT2D eigenvalue weighted by atomic mass is 35.5. The van der Waals surface area contributed by atoms with Gasteiger partial charge >= 0.3 is 0 Å². The van der Waals surface area contributed by atoms with E-state index in [1.807, 2.05) is 12.1 Å². The zero-order valence-corrected chi connectivity index (χ0v) is 9.81. The number of hydrogen-bond donors (Lipinski definition) is 1. The number of halogens is 1. The van der Waals surface area contributed by atoms with Crippen LogP contribution in [0.25, 0.3) is 0 Å². The lowest BCUT2D eigenvalue weighted by Crippen LogP contribution is -2.21. The number of benzene rings is 1. The van der Waals surface area contributed by atoms with Crippen molar-refractivity contribution in [1.29, 1.82) is 0 Å². The van der Waals surface area contributed by atoms with Gasteiger partial charge in [0.1, 0.15) is 0 Å². The summed E-state index contributed by atoms with van der Waals surface area (Å²) in [5, 5.41) is 3.46. The third-order valence-electron chi connectivity index (χ3n) is 2.48. The van der Waals surface area contributed by atoms with Crippen LogP contribution in [0.15, 0.2) is 24.3 Å². The minimum Gasteiger partial charge on any atom is -0.382 e. The van der Waals surface area contributed by atoms with Crippen LogP contribution in [0, 0.1) is 5.92 Å². The van der Waals surface area contributed by atoms with Crippen molar-refractivity contribution in [3.05, 3.63) is 29.8 Å². The van der Waals surface area contributed by atoms with Gasteiger partial charge in [0.25, 0.3) is 0 Å². The fraction of sp³-hybridized carbons (Fsp3) is 0.500. The normalized spacial score (nSPS) is 12.9. The molecule has 1 unspecified atom stereocenters. The Balaban J connectivity index is 2.66. The van der Waals surface area contributed by atoms with Crippen LogP contribution in [0.1, 0.15) is 26.3 Å². The predicted octanol–water partition coefficient (Wildman–Crippen LogP) is 3.88. The summed E-state index contributed by atoms with van der Waals surface area (Å²) in [7, 11) is 0. The molecule has 0 amide bonds. The van der Waals surface area contributed by atoms with Crippen LogP contribution >= 0.6 is 11.6 Å². The first-order valence-corrected chi connectivity index (χ1v) is 5.58. The van der Waals surface area contributed by atoms with Gasteiger partial charge < -0.3 is 5.32 Å². The Bertz CT molecular complexity index is 283. The molecule has 0 fully saturated rings. The smallest absolute Gasteiger partial charge is 0.0474 e. The molecule has 0 saturated heterocycles. The summed E-state index contributed by atoms with van der Waals surface area (Å²) in [4.78, 5) is 0. The van der Waals surface area contributed by atoms with Gasteiger partial charge in [0.2, 0.25) is 0 Å². The molecule has 1 rings (SSSR count). The van der Waals surface area contributed by atoms with E-state index in [-0.39, 0.29) is 0 Å². The van der Waals surface area contributed by atoms with Crippen LogP contribution in [0.5, 0.6) is 0 Å². The van der Waals surface area contributed by atoms with Gasteiger partial charge in [-0.1, -0.05) is 26.0 Å². The minimum atomic E-state index is 0.487. The summed E-state index contributed by atoms with van der Waals surface area (Å²) >= 11 is 5.77. The third kappa shape index (κ3) is 3.22. The van der Waals surface area contributed by atoms with Crippen LogP contribution < -0.4 is 5.32 Å². The summed E-state index contributed by atoms with van der Waals surface area (Å²) < 4.78 is 0. The van der Waals surface area contributed by atoms with E-state index in [0.717, 1.165) is 11.3 Å². The summed E-state index contributed by atoms with van der Waals surface area (Å²) in [6, 6.07) is 8.74. The van der Waals surface area contributed by atoms with E-state index in [1.54, 1.807) is 0 Å². The van der Waals surface area contributed by atoms with Crippen molar-refractivity contribution in [3.8, 4) is 0 Å². The van der Waals surface area contributed by atoms with Gasteiger partial charge in [-0.25, -0.2) is 0 Å². The number of nitrogens with one attached hydrogen (secondary N) is 1. The Morgan fingerprint density at radius 3 is 2.57 bits per heavy atom. The topological polar surface area (TPSA) is 12.0 Å². The molecular formula is C12H18ClN. The van der Waals surface area contributed by atoms with E-state index in [4.69, 9.17) is 11.6 Å². The number of anilines is 1. The maximum absolute atomic E-state index is 5.77. The summed E-state index contributed by atoms with van der Waals surface area (Å²) in [6.07, 6.45) is 0. The second kappa shape index (κ2) is 5.26. The molecule has 1 aromatic rings. The van der Waals surface area contributed by atoms with E-state index in [9.17, 15) is 0 Å². The standard InChI is InChI=1S/C12H18ClN/c1-9(2)10(3)14-12-6-4-5-11(7-12)8-13/h4-7,9-10,14H,8H2,1-3H3. The maximum atomic E-state index is 5.77. The van der Waals surface area contributed by atoms with Crippen molar-refractivity contribution in [3.63, 3.8) is 0 Å². The molecule has 0 spiro atoms.